The van der Waals surface area contributed by atoms with E-state index in [4.69, 9.17) is 4.74 Å². The summed E-state index contributed by atoms with van der Waals surface area (Å²) in [6.07, 6.45) is 3.38. The molecule has 124 valence electrons. The van der Waals surface area contributed by atoms with E-state index in [2.05, 4.69) is 18.7 Å². The standard InChI is InChI=1S/C15H30N2O3S/c1-12(2)17-14-5-6-15(17)11-16(8-7-14)21(18,19)10-9-20-13(3)4/h12-15H,5-11H2,1-4H3. The molecule has 0 N–H and O–H groups in total. The number of sulfonamides is 1. The van der Waals surface area contributed by atoms with E-state index in [1.807, 2.05) is 13.8 Å². The van der Waals surface area contributed by atoms with Crippen molar-refractivity contribution in [2.45, 2.75) is 71.2 Å². The van der Waals surface area contributed by atoms with Gasteiger partial charge in [0, 0.05) is 31.2 Å². The summed E-state index contributed by atoms with van der Waals surface area (Å²) in [6, 6.07) is 1.44. The van der Waals surface area contributed by atoms with E-state index in [1.54, 1.807) is 4.31 Å². The molecule has 0 aromatic rings. The highest BCUT2D eigenvalue weighted by molar-refractivity contribution is 7.89. The summed E-state index contributed by atoms with van der Waals surface area (Å²) in [5, 5.41) is 0. The molecule has 2 aliphatic heterocycles. The van der Waals surface area contributed by atoms with Crippen LogP contribution >= 0.6 is 0 Å². The normalized spacial score (nSPS) is 28.5. The molecule has 0 saturated carbocycles. The van der Waals surface area contributed by atoms with Crippen LogP contribution in [0.25, 0.3) is 0 Å². The van der Waals surface area contributed by atoms with Gasteiger partial charge >= 0.3 is 0 Å². The number of ether oxygens (including phenoxy) is 1. The van der Waals surface area contributed by atoms with E-state index in [0.717, 1.165) is 12.8 Å². The Morgan fingerprint density at radius 1 is 1.10 bits per heavy atom. The molecule has 2 fully saturated rings. The molecule has 6 heteroatoms. The van der Waals surface area contributed by atoms with Crippen LogP contribution in [0.3, 0.4) is 0 Å². The van der Waals surface area contributed by atoms with Crippen molar-refractivity contribution >= 4 is 10.0 Å². The fourth-order valence-corrected chi connectivity index (χ4v) is 5.04. The zero-order valence-electron chi connectivity index (χ0n) is 13.8. The summed E-state index contributed by atoms with van der Waals surface area (Å²) in [6.45, 7) is 9.89. The summed E-state index contributed by atoms with van der Waals surface area (Å²) >= 11 is 0. The molecule has 0 radical (unpaired) electrons. The van der Waals surface area contributed by atoms with Crippen LogP contribution < -0.4 is 0 Å². The second-order valence-electron chi connectivity index (χ2n) is 6.81. The number of nitrogens with zero attached hydrogens (tertiary/aromatic N) is 2. The molecule has 0 aromatic heterocycles. The maximum atomic E-state index is 12.5. The van der Waals surface area contributed by atoms with Gasteiger partial charge in [0.1, 0.15) is 0 Å². The van der Waals surface area contributed by atoms with Crippen LogP contribution in [-0.2, 0) is 14.8 Å². The molecule has 2 atom stereocenters. The van der Waals surface area contributed by atoms with Gasteiger partial charge < -0.3 is 4.74 Å². The van der Waals surface area contributed by atoms with E-state index in [-0.39, 0.29) is 11.9 Å². The molecule has 0 aliphatic carbocycles. The topological polar surface area (TPSA) is 49.9 Å². The molecule has 2 heterocycles. The molecular formula is C15H30N2O3S. The lowest BCUT2D eigenvalue weighted by Gasteiger charge is -2.32. The fraction of sp³-hybridized carbons (Fsp3) is 1.00. The molecule has 2 unspecified atom stereocenters. The molecule has 2 rings (SSSR count). The Balaban J connectivity index is 1.99. The second kappa shape index (κ2) is 6.94. The first kappa shape index (κ1) is 17.2. The molecule has 21 heavy (non-hydrogen) atoms. The summed E-state index contributed by atoms with van der Waals surface area (Å²) in [7, 11) is -3.19. The maximum absolute atomic E-state index is 12.5. The van der Waals surface area contributed by atoms with Gasteiger partial charge in [0.2, 0.25) is 10.0 Å². The summed E-state index contributed by atoms with van der Waals surface area (Å²) in [4.78, 5) is 2.53. The zero-order valence-corrected chi connectivity index (χ0v) is 14.6. The van der Waals surface area contributed by atoms with Crippen LogP contribution in [0.2, 0.25) is 0 Å². The average molecular weight is 318 g/mol. The molecule has 0 spiro atoms. The second-order valence-corrected chi connectivity index (χ2v) is 8.90. The molecular weight excluding hydrogens is 288 g/mol. The molecule has 2 aliphatic rings. The van der Waals surface area contributed by atoms with Gasteiger partial charge in [-0.05, 0) is 47.0 Å². The highest BCUT2D eigenvalue weighted by atomic mass is 32.2. The minimum Gasteiger partial charge on any atom is -0.378 e. The van der Waals surface area contributed by atoms with Gasteiger partial charge in [0.25, 0.3) is 0 Å². The number of rotatable bonds is 6. The number of fused-ring (bicyclic) bond motifs is 2. The molecule has 0 amide bonds. The Kier molecular flexibility index (Phi) is 5.68. The first-order chi connectivity index (χ1) is 9.81. The van der Waals surface area contributed by atoms with Crippen molar-refractivity contribution in [2.75, 3.05) is 25.4 Å². The lowest BCUT2D eigenvalue weighted by atomic mass is 10.1. The SMILES string of the molecule is CC(C)OCCS(=O)(=O)N1CCC2CCC(C1)N2C(C)C. The van der Waals surface area contributed by atoms with Crippen LogP contribution in [0.1, 0.15) is 47.0 Å². The van der Waals surface area contributed by atoms with Gasteiger partial charge in [-0.15, -0.1) is 0 Å². The van der Waals surface area contributed by atoms with Gasteiger partial charge in [0.05, 0.1) is 18.5 Å². The number of hydrogen-bond acceptors (Lipinski definition) is 4. The average Bonchev–Trinajstić information content (AvgIpc) is 2.62. The van der Waals surface area contributed by atoms with Crippen molar-refractivity contribution in [3.05, 3.63) is 0 Å². The van der Waals surface area contributed by atoms with Crippen LogP contribution in [-0.4, -0.2) is 67.3 Å². The van der Waals surface area contributed by atoms with Crippen LogP contribution in [0.4, 0.5) is 0 Å². The third kappa shape index (κ3) is 4.18. The van der Waals surface area contributed by atoms with Crippen LogP contribution in [0, 0.1) is 0 Å². The summed E-state index contributed by atoms with van der Waals surface area (Å²) in [5.41, 5.74) is 0. The lowest BCUT2D eigenvalue weighted by Crippen LogP contribution is -2.44. The molecule has 2 bridgehead atoms. The van der Waals surface area contributed by atoms with Crippen molar-refractivity contribution in [2.24, 2.45) is 0 Å². The van der Waals surface area contributed by atoms with E-state index >= 15 is 0 Å². The largest absolute Gasteiger partial charge is 0.378 e. The predicted molar refractivity (Wildman–Crippen MR) is 84.8 cm³/mol. The smallest absolute Gasteiger partial charge is 0.216 e. The van der Waals surface area contributed by atoms with Crippen molar-refractivity contribution in [1.29, 1.82) is 0 Å². The van der Waals surface area contributed by atoms with Gasteiger partial charge in [-0.25, -0.2) is 12.7 Å². The van der Waals surface area contributed by atoms with Gasteiger partial charge in [-0.3, -0.25) is 4.90 Å². The monoisotopic (exact) mass is 318 g/mol. The van der Waals surface area contributed by atoms with Gasteiger partial charge in [-0.1, -0.05) is 0 Å². The third-order valence-corrected chi connectivity index (χ3v) is 6.39. The van der Waals surface area contributed by atoms with Crippen molar-refractivity contribution in [3.63, 3.8) is 0 Å². The minimum absolute atomic E-state index is 0.0804. The Hall–Kier alpha value is -0.170. The van der Waals surface area contributed by atoms with Crippen molar-refractivity contribution < 1.29 is 13.2 Å². The van der Waals surface area contributed by atoms with E-state index in [0.29, 0.717) is 37.8 Å². The molecule has 2 saturated heterocycles. The van der Waals surface area contributed by atoms with Crippen LogP contribution in [0.15, 0.2) is 0 Å². The van der Waals surface area contributed by atoms with E-state index in [9.17, 15) is 8.42 Å². The Labute approximate surface area is 129 Å². The molecule has 0 aromatic carbocycles. The predicted octanol–water partition coefficient (Wildman–Crippen LogP) is 1.69. The van der Waals surface area contributed by atoms with Crippen molar-refractivity contribution in [1.82, 2.24) is 9.21 Å². The first-order valence-corrected chi connectivity index (χ1v) is 9.79. The highest BCUT2D eigenvalue weighted by Crippen LogP contribution is 2.32. The Bertz CT molecular complexity index is 436. The van der Waals surface area contributed by atoms with Crippen molar-refractivity contribution in [3.8, 4) is 0 Å². The van der Waals surface area contributed by atoms with E-state index < -0.39 is 10.0 Å². The first-order valence-electron chi connectivity index (χ1n) is 8.18. The quantitative estimate of drug-likeness (QED) is 0.748. The fourth-order valence-electron chi connectivity index (χ4n) is 3.69. The maximum Gasteiger partial charge on any atom is 0.216 e. The van der Waals surface area contributed by atoms with Gasteiger partial charge in [-0.2, -0.15) is 0 Å². The summed E-state index contributed by atoms with van der Waals surface area (Å²) < 4.78 is 32.1. The highest BCUT2D eigenvalue weighted by Gasteiger charge is 2.40. The van der Waals surface area contributed by atoms with E-state index in [1.165, 1.54) is 6.42 Å². The third-order valence-electron chi connectivity index (χ3n) is 4.58. The zero-order chi connectivity index (χ0) is 15.6. The Morgan fingerprint density at radius 3 is 2.38 bits per heavy atom. The minimum atomic E-state index is -3.19. The lowest BCUT2D eigenvalue weighted by molar-refractivity contribution is 0.0906. The van der Waals surface area contributed by atoms with Crippen LogP contribution in [0.5, 0.6) is 0 Å². The Morgan fingerprint density at radius 2 is 1.76 bits per heavy atom. The molecule has 5 nitrogen and oxygen atoms in total. The summed E-state index contributed by atoms with van der Waals surface area (Å²) in [5.74, 6) is 0.101. The number of hydrogen-bond donors (Lipinski definition) is 0. The van der Waals surface area contributed by atoms with Gasteiger partial charge in [0.15, 0.2) is 0 Å².